The van der Waals surface area contributed by atoms with Gasteiger partial charge in [-0.2, -0.15) is 0 Å². The van der Waals surface area contributed by atoms with Crippen LogP contribution in [0.4, 0.5) is 0 Å². The monoisotopic (exact) mass is 158 g/mol. The second-order valence-electron chi connectivity index (χ2n) is 2.86. The molecule has 0 aliphatic heterocycles. The van der Waals surface area contributed by atoms with E-state index in [1.165, 1.54) is 0 Å². The maximum Gasteiger partial charge on any atom is 0.304 e. The minimum atomic E-state index is 0.00338. The van der Waals surface area contributed by atoms with Gasteiger partial charge in [-0.15, -0.1) is 0 Å². The number of hydrogen-bond donors (Lipinski definition) is 2. The Morgan fingerprint density at radius 3 is 2.67 bits per heavy atom. The molecule has 0 aromatic carbocycles. The van der Waals surface area contributed by atoms with Crippen molar-refractivity contribution >= 4 is 15.0 Å². The highest BCUT2D eigenvalue weighted by atomic mass is 16.2. The summed E-state index contributed by atoms with van der Waals surface area (Å²) < 4.78 is 0. The molecule has 0 bridgehead atoms. The fourth-order valence-corrected chi connectivity index (χ4v) is 1.61. The van der Waals surface area contributed by atoms with E-state index < -0.39 is 0 Å². The largest absolute Gasteiger partial charge is 0.449 e. The molecule has 2 N–H and O–H groups in total. The van der Waals surface area contributed by atoms with Crippen molar-refractivity contribution < 1.29 is 10.0 Å². The first-order chi connectivity index (χ1) is 5.86. The van der Waals surface area contributed by atoms with Crippen molar-refractivity contribution in [1.29, 1.82) is 0 Å². The van der Waals surface area contributed by atoms with E-state index >= 15 is 0 Å². The van der Waals surface area contributed by atoms with E-state index in [0.717, 1.165) is 22.1 Å². The van der Waals surface area contributed by atoms with E-state index in [-0.39, 0.29) is 15.0 Å². The van der Waals surface area contributed by atoms with Gasteiger partial charge in [-0.05, 0) is 16.6 Å². The zero-order chi connectivity index (χ0) is 8.55. The smallest absolute Gasteiger partial charge is 0.304 e. The first kappa shape index (κ1) is 7.65. The van der Waals surface area contributed by atoms with Gasteiger partial charge in [0.15, 0.2) is 0 Å². The van der Waals surface area contributed by atoms with Crippen molar-refractivity contribution in [3.63, 3.8) is 0 Å². The Hall–Kier alpha value is -0.990. The summed E-state index contributed by atoms with van der Waals surface area (Å²) in [6, 6.07) is 0. The Balaban J connectivity index is 2.46. The molecule has 2 rings (SSSR count). The number of allylic oxidation sites excluding steroid dienone is 8. The molecule has 0 amide bonds. The van der Waals surface area contributed by atoms with Crippen LogP contribution in [0.15, 0.2) is 46.4 Å². The average Bonchev–Trinajstić information content (AvgIpc) is 2.61. The predicted molar refractivity (Wildman–Crippen MR) is 51.1 cm³/mol. The maximum absolute atomic E-state index is 9.04. The van der Waals surface area contributed by atoms with E-state index in [1.807, 2.05) is 24.3 Å². The lowest BCUT2D eigenvalue weighted by Gasteiger charge is -1.99. The van der Waals surface area contributed by atoms with E-state index in [0.29, 0.717) is 0 Å². The predicted octanol–water partition coefficient (Wildman–Crippen LogP) is -0.678. The van der Waals surface area contributed by atoms with Gasteiger partial charge < -0.3 is 10.0 Å². The van der Waals surface area contributed by atoms with Crippen molar-refractivity contribution in [2.24, 2.45) is 0 Å². The van der Waals surface area contributed by atoms with Gasteiger partial charge in [-0.25, -0.2) is 0 Å². The van der Waals surface area contributed by atoms with E-state index in [4.69, 9.17) is 10.0 Å². The Labute approximate surface area is 72.2 Å². The molecular weight excluding hydrogens is 150 g/mol. The summed E-state index contributed by atoms with van der Waals surface area (Å²) in [4.78, 5) is 0. The molecule has 0 heterocycles. The van der Waals surface area contributed by atoms with Gasteiger partial charge in [0.05, 0.1) is 0 Å². The zero-order valence-electron chi connectivity index (χ0n) is 6.62. The second kappa shape index (κ2) is 2.81. The molecule has 2 nitrogen and oxygen atoms in total. The van der Waals surface area contributed by atoms with E-state index in [9.17, 15) is 0 Å². The summed E-state index contributed by atoms with van der Waals surface area (Å²) in [5.74, 6) is 0. The van der Waals surface area contributed by atoms with Gasteiger partial charge >= 0.3 is 15.0 Å². The molecule has 0 aromatic heterocycles. The first-order valence-electron chi connectivity index (χ1n) is 3.91. The lowest BCUT2D eigenvalue weighted by molar-refractivity contribution is 0.604. The maximum atomic E-state index is 9.04. The van der Waals surface area contributed by atoms with Gasteiger partial charge in [0.2, 0.25) is 0 Å². The molecular formula is C8H8B2O2. The standard InChI is InChI=1S/C8H8B2O2/c11-9-7-4-5-2-1-3-6(5)8(7)10-12/h1-4,9-12H. The summed E-state index contributed by atoms with van der Waals surface area (Å²) >= 11 is 0. The van der Waals surface area contributed by atoms with Crippen LogP contribution in [0.2, 0.25) is 0 Å². The van der Waals surface area contributed by atoms with Gasteiger partial charge in [0, 0.05) is 0 Å². The molecule has 2 aliphatic rings. The average molecular weight is 158 g/mol. The normalized spacial score (nSPS) is 19.2. The van der Waals surface area contributed by atoms with Crippen LogP contribution in [-0.4, -0.2) is 25.0 Å². The molecule has 0 saturated carbocycles. The Bertz CT molecular complexity index is 337. The van der Waals surface area contributed by atoms with Crippen LogP contribution < -0.4 is 0 Å². The van der Waals surface area contributed by atoms with Crippen molar-refractivity contribution in [3.05, 3.63) is 46.4 Å². The van der Waals surface area contributed by atoms with Crippen LogP contribution in [-0.2, 0) is 0 Å². The van der Waals surface area contributed by atoms with Crippen LogP contribution in [0.3, 0.4) is 0 Å². The topological polar surface area (TPSA) is 40.5 Å². The summed E-state index contributed by atoms with van der Waals surface area (Å²) in [5, 5.41) is 18.0. The number of rotatable bonds is 2. The highest BCUT2D eigenvalue weighted by Crippen LogP contribution is 2.32. The van der Waals surface area contributed by atoms with Crippen molar-refractivity contribution in [2.75, 3.05) is 0 Å². The van der Waals surface area contributed by atoms with Gasteiger partial charge in [0.1, 0.15) is 0 Å². The van der Waals surface area contributed by atoms with Gasteiger partial charge in [-0.1, -0.05) is 29.8 Å². The third-order valence-corrected chi connectivity index (χ3v) is 2.22. The molecule has 0 saturated heterocycles. The van der Waals surface area contributed by atoms with Crippen molar-refractivity contribution in [2.45, 2.75) is 0 Å². The van der Waals surface area contributed by atoms with Crippen LogP contribution in [0, 0.1) is 0 Å². The number of hydrogen-bond acceptors (Lipinski definition) is 2. The second-order valence-corrected chi connectivity index (χ2v) is 2.86. The fourth-order valence-electron chi connectivity index (χ4n) is 1.61. The first-order valence-corrected chi connectivity index (χ1v) is 3.91. The summed E-state index contributed by atoms with van der Waals surface area (Å²) in [7, 11) is 0.00792. The van der Waals surface area contributed by atoms with Crippen molar-refractivity contribution in [3.8, 4) is 0 Å². The van der Waals surface area contributed by atoms with Crippen LogP contribution in [0.25, 0.3) is 0 Å². The molecule has 0 fully saturated rings. The quantitative estimate of drug-likeness (QED) is 0.522. The third-order valence-electron chi connectivity index (χ3n) is 2.22. The molecule has 0 atom stereocenters. The summed E-state index contributed by atoms with van der Waals surface area (Å²) in [6.45, 7) is 0. The Kier molecular flexibility index (Phi) is 1.79. The highest BCUT2D eigenvalue weighted by molar-refractivity contribution is 6.51. The summed E-state index contributed by atoms with van der Waals surface area (Å²) in [5.41, 5.74) is 3.85. The van der Waals surface area contributed by atoms with Crippen molar-refractivity contribution in [1.82, 2.24) is 0 Å². The fraction of sp³-hybridized carbons (Fsp3) is 0. The Morgan fingerprint density at radius 1 is 1.17 bits per heavy atom. The molecule has 0 spiro atoms. The summed E-state index contributed by atoms with van der Waals surface area (Å²) in [6.07, 6.45) is 7.81. The van der Waals surface area contributed by atoms with E-state index in [1.54, 1.807) is 0 Å². The molecule has 0 radical (unpaired) electrons. The molecule has 2 aliphatic carbocycles. The lowest BCUT2D eigenvalue weighted by atomic mass is 9.71. The van der Waals surface area contributed by atoms with Gasteiger partial charge in [0.25, 0.3) is 0 Å². The third kappa shape index (κ3) is 0.924. The molecule has 0 aromatic rings. The zero-order valence-corrected chi connectivity index (χ0v) is 6.62. The van der Waals surface area contributed by atoms with Gasteiger partial charge in [-0.3, -0.25) is 0 Å². The molecule has 4 heteroatoms. The molecule has 0 unspecified atom stereocenters. The van der Waals surface area contributed by atoms with Crippen LogP contribution >= 0.6 is 0 Å². The Morgan fingerprint density at radius 2 is 2.00 bits per heavy atom. The van der Waals surface area contributed by atoms with E-state index in [2.05, 4.69) is 0 Å². The minimum absolute atomic E-state index is 0.00338. The van der Waals surface area contributed by atoms with Crippen LogP contribution in [0.1, 0.15) is 0 Å². The molecule has 12 heavy (non-hydrogen) atoms. The molecule has 58 valence electrons. The minimum Gasteiger partial charge on any atom is -0.449 e. The SMILES string of the molecule is OBC1=CC2=CC=CC2=C1BO. The van der Waals surface area contributed by atoms with Crippen LogP contribution in [0.5, 0.6) is 0 Å². The highest BCUT2D eigenvalue weighted by Gasteiger charge is 2.21. The lowest BCUT2D eigenvalue weighted by Crippen LogP contribution is -2.04. The number of fused-ring (bicyclic) bond motifs is 1.